The van der Waals surface area contributed by atoms with Crippen LogP contribution in [0.25, 0.3) is 50.4 Å². The Bertz CT molecular complexity index is 2250. The first-order chi connectivity index (χ1) is 21.8. The van der Waals surface area contributed by atoms with Crippen LogP contribution in [0.4, 0.5) is 17.1 Å². The maximum absolute atomic E-state index is 2.41. The molecule has 0 fully saturated rings. The molecule has 1 aromatic heterocycles. The van der Waals surface area contributed by atoms with E-state index in [1.54, 1.807) is 0 Å². The largest absolute Gasteiger partial charge is 0.310 e. The van der Waals surface area contributed by atoms with Crippen molar-refractivity contribution < 1.29 is 0 Å². The summed E-state index contributed by atoms with van der Waals surface area (Å²) in [7, 11) is 0. The summed E-state index contributed by atoms with van der Waals surface area (Å²) in [5.41, 5.74) is 9.32. The Morgan fingerprint density at radius 1 is 0.386 bits per heavy atom. The van der Waals surface area contributed by atoms with E-state index in [0.29, 0.717) is 0 Å². The summed E-state index contributed by atoms with van der Waals surface area (Å²) in [5.74, 6) is 0. The SMILES string of the molecule is C(=Cc1ccc(N(c2ccccc2)c2ccc3c(c2)c2ccccc2n3-c2cccc3ccccc23)cc1)c1ccccc1. The van der Waals surface area contributed by atoms with Gasteiger partial charge in [-0.05, 0) is 71.1 Å². The maximum Gasteiger partial charge on any atom is 0.0542 e. The monoisotopic (exact) mass is 562 g/mol. The van der Waals surface area contributed by atoms with Crippen molar-refractivity contribution in [3.8, 4) is 5.69 Å². The summed E-state index contributed by atoms with van der Waals surface area (Å²) in [6.07, 6.45) is 4.32. The molecule has 0 N–H and O–H groups in total. The van der Waals surface area contributed by atoms with Gasteiger partial charge in [-0.3, -0.25) is 0 Å². The molecule has 0 unspecified atom stereocenters. The van der Waals surface area contributed by atoms with Crippen molar-refractivity contribution in [2.75, 3.05) is 4.90 Å². The molecule has 0 bridgehead atoms. The first-order valence-corrected chi connectivity index (χ1v) is 15.0. The first-order valence-electron chi connectivity index (χ1n) is 15.0. The van der Waals surface area contributed by atoms with Crippen molar-refractivity contribution in [1.29, 1.82) is 0 Å². The van der Waals surface area contributed by atoms with Gasteiger partial charge < -0.3 is 9.47 Å². The van der Waals surface area contributed by atoms with Crippen LogP contribution in [0.3, 0.4) is 0 Å². The summed E-state index contributed by atoms with van der Waals surface area (Å²) in [4.78, 5) is 2.34. The minimum atomic E-state index is 1.12. The number of benzene rings is 7. The van der Waals surface area contributed by atoms with Crippen LogP contribution in [0.1, 0.15) is 11.1 Å². The van der Waals surface area contributed by atoms with Gasteiger partial charge in [-0.1, -0.05) is 127 Å². The van der Waals surface area contributed by atoms with E-state index in [-0.39, 0.29) is 0 Å². The molecule has 1 heterocycles. The molecule has 0 spiro atoms. The fourth-order valence-corrected chi connectivity index (χ4v) is 6.28. The molecule has 208 valence electrons. The molecule has 8 aromatic rings. The predicted molar refractivity (Wildman–Crippen MR) is 188 cm³/mol. The Kier molecular flexibility index (Phi) is 6.51. The smallest absolute Gasteiger partial charge is 0.0542 e. The Balaban J connectivity index is 1.27. The third kappa shape index (κ3) is 4.63. The second-order valence-corrected chi connectivity index (χ2v) is 11.1. The van der Waals surface area contributed by atoms with Crippen LogP contribution in [0.2, 0.25) is 0 Å². The van der Waals surface area contributed by atoms with Crippen LogP contribution in [0.5, 0.6) is 0 Å². The Morgan fingerprint density at radius 3 is 1.75 bits per heavy atom. The highest BCUT2D eigenvalue weighted by atomic mass is 15.1. The molecule has 0 atom stereocenters. The summed E-state index contributed by atoms with van der Waals surface area (Å²) in [6, 6.07) is 60.6. The van der Waals surface area contributed by atoms with Crippen LogP contribution in [-0.2, 0) is 0 Å². The van der Waals surface area contributed by atoms with Crippen LogP contribution in [-0.4, -0.2) is 4.57 Å². The number of hydrogen-bond acceptors (Lipinski definition) is 1. The van der Waals surface area contributed by atoms with Crippen LogP contribution < -0.4 is 4.90 Å². The van der Waals surface area contributed by atoms with Crippen LogP contribution >= 0.6 is 0 Å². The quantitative estimate of drug-likeness (QED) is 0.183. The summed E-state index contributed by atoms with van der Waals surface area (Å²) in [5, 5.41) is 4.96. The predicted octanol–water partition coefficient (Wildman–Crippen LogP) is 11.6. The van der Waals surface area contributed by atoms with Gasteiger partial charge in [0.05, 0.1) is 16.7 Å². The third-order valence-electron chi connectivity index (χ3n) is 8.36. The molecular formula is C42H30N2. The van der Waals surface area contributed by atoms with E-state index >= 15 is 0 Å². The van der Waals surface area contributed by atoms with E-state index in [1.165, 1.54) is 49.4 Å². The highest BCUT2D eigenvalue weighted by Gasteiger charge is 2.18. The van der Waals surface area contributed by atoms with E-state index in [1.807, 2.05) is 6.07 Å². The minimum absolute atomic E-state index is 1.12. The number of anilines is 3. The van der Waals surface area contributed by atoms with Crippen molar-refractivity contribution in [2.24, 2.45) is 0 Å². The van der Waals surface area contributed by atoms with Gasteiger partial charge in [0.15, 0.2) is 0 Å². The molecule has 44 heavy (non-hydrogen) atoms. The highest BCUT2D eigenvalue weighted by Crippen LogP contribution is 2.40. The normalized spacial score (nSPS) is 11.5. The van der Waals surface area contributed by atoms with E-state index in [0.717, 1.165) is 17.1 Å². The van der Waals surface area contributed by atoms with E-state index in [9.17, 15) is 0 Å². The zero-order valence-corrected chi connectivity index (χ0v) is 24.2. The van der Waals surface area contributed by atoms with Crippen molar-refractivity contribution in [2.45, 2.75) is 0 Å². The zero-order chi connectivity index (χ0) is 29.3. The molecule has 2 nitrogen and oxygen atoms in total. The number of fused-ring (bicyclic) bond motifs is 4. The van der Waals surface area contributed by atoms with E-state index in [4.69, 9.17) is 0 Å². The number of aromatic nitrogens is 1. The van der Waals surface area contributed by atoms with Gasteiger partial charge in [-0.25, -0.2) is 0 Å². The fraction of sp³-hybridized carbons (Fsp3) is 0. The van der Waals surface area contributed by atoms with Crippen molar-refractivity contribution in [3.05, 3.63) is 181 Å². The molecule has 0 saturated carbocycles. The molecule has 2 heteroatoms. The molecule has 8 rings (SSSR count). The van der Waals surface area contributed by atoms with Gasteiger partial charge >= 0.3 is 0 Å². The van der Waals surface area contributed by atoms with Crippen LogP contribution in [0.15, 0.2) is 170 Å². The lowest BCUT2D eigenvalue weighted by molar-refractivity contribution is 1.20. The summed E-state index contributed by atoms with van der Waals surface area (Å²) < 4.78 is 2.41. The van der Waals surface area contributed by atoms with Crippen molar-refractivity contribution in [3.63, 3.8) is 0 Å². The fourth-order valence-electron chi connectivity index (χ4n) is 6.28. The van der Waals surface area contributed by atoms with Gasteiger partial charge in [0.25, 0.3) is 0 Å². The van der Waals surface area contributed by atoms with Gasteiger partial charge in [0.1, 0.15) is 0 Å². The van der Waals surface area contributed by atoms with E-state index < -0.39 is 0 Å². The number of rotatable bonds is 6. The lowest BCUT2D eigenvalue weighted by Gasteiger charge is -2.25. The lowest BCUT2D eigenvalue weighted by Crippen LogP contribution is -2.09. The average molecular weight is 563 g/mol. The molecule has 0 aliphatic rings. The lowest BCUT2D eigenvalue weighted by atomic mass is 10.1. The molecule has 7 aromatic carbocycles. The molecule has 0 aliphatic heterocycles. The summed E-state index contributed by atoms with van der Waals surface area (Å²) in [6.45, 7) is 0. The standard InChI is InChI=1S/C42H30N2/c1-3-12-31(13-4-1)22-23-32-24-26-35(27-25-32)43(34-16-5-2-6-17-34)36-28-29-42-39(30-36)38-19-9-10-20-41(38)44(42)40-21-11-15-33-14-7-8-18-37(33)40/h1-30H. The average Bonchev–Trinajstić information content (AvgIpc) is 3.42. The van der Waals surface area contributed by atoms with Crippen molar-refractivity contribution >= 4 is 61.8 Å². The van der Waals surface area contributed by atoms with Gasteiger partial charge in [0, 0.05) is 33.2 Å². The van der Waals surface area contributed by atoms with Gasteiger partial charge in [0.2, 0.25) is 0 Å². The Labute approximate surface area is 257 Å². The topological polar surface area (TPSA) is 8.17 Å². The zero-order valence-electron chi connectivity index (χ0n) is 24.2. The molecule has 0 aliphatic carbocycles. The highest BCUT2D eigenvalue weighted by molar-refractivity contribution is 6.12. The first kappa shape index (κ1) is 25.8. The number of nitrogens with zero attached hydrogens (tertiary/aromatic N) is 2. The maximum atomic E-state index is 2.41. The Hall–Kier alpha value is -5.86. The molecule has 0 saturated heterocycles. The molecular weight excluding hydrogens is 532 g/mol. The Morgan fingerprint density at radius 2 is 0.955 bits per heavy atom. The van der Waals surface area contributed by atoms with Gasteiger partial charge in [-0.15, -0.1) is 0 Å². The minimum Gasteiger partial charge on any atom is -0.310 e. The summed E-state index contributed by atoms with van der Waals surface area (Å²) >= 11 is 0. The number of hydrogen-bond donors (Lipinski definition) is 0. The molecule has 0 amide bonds. The third-order valence-corrected chi connectivity index (χ3v) is 8.36. The second-order valence-electron chi connectivity index (χ2n) is 11.1. The van der Waals surface area contributed by atoms with Gasteiger partial charge in [-0.2, -0.15) is 0 Å². The molecule has 0 radical (unpaired) electrons. The van der Waals surface area contributed by atoms with Crippen LogP contribution in [0, 0.1) is 0 Å². The second kappa shape index (κ2) is 11.1. The number of para-hydroxylation sites is 2. The van der Waals surface area contributed by atoms with Crippen molar-refractivity contribution in [1.82, 2.24) is 4.57 Å². The van der Waals surface area contributed by atoms with E-state index in [2.05, 4.69) is 185 Å².